The van der Waals surface area contributed by atoms with Gasteiger partial charge in [0.05, 0.1) is 24.2 Å². The Hall–Kier alpha value is -0.210. The molecule has 0 atom stereocenters. The van der Waals surface area contributed by atoms with E-state index in [0.29, 0.717) is 0 Å². The van der Waals surface area contributed by atoms with Gasteiger partial charge in [-0.3, -0.25) is 8.42 Å². The van der Waals surface area contributed by atoms with Gasteiger partial charge in [0.15, 0.2) is 0 Å². The van der Waals surface area contributed by atoms with Gasteiger partial charge >= 0.3 is 0 Å². The Morgan fingerprint density at radius 3 is 0.742 bits per heavy atom. The minimum Gasteiger partial charge on any atom is -0.759 e. The Morgan fingerprint density at radius 2 is 0.581 bits per heavy atom. The molecule has 0 aromatic rings. The average Bonchev–Trinajstić information content (AvgIpc) is 2.76. The fourth-order valence-corrected chi connectivity index (χ4v) is 6.08. The van der Waals surface area contributed by atoms with Crippen LogP contribution in [-0.2, 0) is 10.4 Å². The Morgan fingerprint density at radius 1 is 0.419 bits per heavy atom. The van der Waals surface area contributed by atoms with Crippen LogP contribution >= 0.6 is 0 Å². The zero-order valence-electron chi connectivity index (χ0n) is 19.6. The maximum absolute atomic E-state index is 8.52. The summed E-state index contributed by atoms with van der Waals surface area (Å²) in [6.07, 6.45) is 29.9. The van der Waals surface area contributed by atoms with Crippen LogP contribution in [0.3, 0.4) is 0 Å². The highest BCUT2D eigenvalue weighted by atomic mass is 32.3. The monoisotopic (exact) mass is 460 g/mol. The molecule has 0 spiro atoms. The van der Waals surface area contributed by atoms with Gasteiger partial charge in [0.25, 0.3) is 0 Å². The zero-order valence-corrected chi connectivity index (χ0v) is 20.5. The highest BCUT2D eigenvalue weighted by molar-refractivity contribution is 7.79. The second kappa shape index (κ2) is 15.6. The third-order valence-corrected chi connectivity index (χ3v) is 7.69. The molecule has 0 aliphatic heterocycles. The van der Waals surface area contributed by atoms with Crippen LogP contribution in [0.4, 0.5) is 0 Å². The predicted octanol–water partition coefficient (Wildman–Crippen LogP) is 3.09. The van der Waals surface area contributed by atoms with Crippen LogP contribution in [0.2, 0.25) is 0 Å². The van der Waals surface area contributed by atoms with Gasteiger partial charge in [-0.2, -0.15) is 0 Å². The summed E-state index contributed by atoms with van der Waals surface area (Å²) >= 11 is 0. The SMILES string of the molecule is C1CCC([NH2+]C2CCCCC2)CC1.C1CCC([NH2+]C2CCCCC2)CC1.O=S(=O)([O-])[O-]. The van der Waals surface area contributed by atoms with E-state index in [0.717, 1.165) is 24.2 Å². The predicted molar refractivity (Wildman–Crippen MR) is 122 cm³/mol. The van der Waals surface area contributed by atoms with Crippen molar-refractivity contribution >= 4 is 10.4 Å². The molecule has 0 amide bonds. The molecule has 4 fully saturated rings. The van der Waals surface area contributed by atoms with Crippen LogP contribution in [0.1, 0.15) is 128 Å². The molecule has 0 heterocycles. The first-order valence-corrected chi connectivity index (χ1v) is 14.6. The molecule has 4 rings (SSSR count). The van der Waals surface area contributed by atoms with Crippen molar-refractivity contribution in [2.45, 2.75) is 153 Å². The van der Waals surface area contributed by atoms with E-state index in [2.05, 4.69) is 10.6 Å². The Labute approximate surface area is 191 Å². The van der Waals surface area contributed by atoms with Gasteiger partial charge in [-0.05, 0) is 103 Å². The molecule has 0 aromatic carbocycles. The third-order valence-electron chi connectivity index (χ3n) is 7.69. The molecular formula is C24H48N2O4S. The highest BCUT2D eigenvalue weighted by Crippen LogP contribution is 2.19. The van der Waals surface area contributed by atoms with Crippen molar-refractivity contribution in [3.63, 3.8) is 0 Å². The number of quaternary nitrogens is 2. The minimum atomic E-state index is -5.17. The first-order valence-electron chi connectivity index (χ1n) is 13.3. The molecule has 4 aliphatic carbocycles. The zero-order chi connectivity index (χ0) is 22.4. The van der Waals surface area contributed by atoms with E-state index >= 15 is 0 Å². The maximum Gasteiger partial charge on any atom is 0.0861 e. The first kappa shape index (κ1) is 27.0. The van der Waals surface area contributed by atoms with E-state index in [1.165, 1.54) is 128 Å². The van der Waals surface area contributed by atoms with Crippen LogP contribution < -0.4 is 10.6 Å². The first-order chi connectivity index (χ1) is 14.9. The largest absolute Gasteiger partial charge is 0.759 e. The second-order valence-electron chi connectivity index (χ2n) is 10.4. The van der Waals surface area contributed by atoms with E-state index in [4.69, 9.17) is 17.5 Å². The Kier molecular flexibility index (Phi) is 13.6. The summed E-state index contributed by atoms with van der Waals surface area (Å²) in [5.41, 5.74) is 0. The van der Waals surface area contributed by atoms with Crippen molar-refractivity contribution in [1.29, 1.82) is 0 Å². The summed E-state index contributed by atoms with van der Waals surface area (Å²) in [7, 11) is -5.17. The lowest BCUT2D eigenvalue weighted by Gasteiger charge is -2.27. The van der Waals surface area contributed by atoms with Gasteiger partial charge in [-0.1, -0.05) is 25.7 Å². The lowest BCUT2D eigenvalue weighted by atomic mass is 9.91. The summed E-state index contributed by atoms with van der Waals surface area (Å²) < 4.78 is 34.1. The van der Waals surface area contributed by atoms with E-state index in [-0.39, 0.29) is 0 Å². The van der Waals surface area contributed by atoms with Crippen LogP contribution in [0.5, 0.6) is 0 Å². The van der Waals surface area contributed by atoms with Gasteiger partial charge < -0.3 is 19.7 Å². The summed E-state index contributed by atoms with van der Waals surface area (Å²) in [6.45, 7) is 0. The van der Waals surface area contributed by atoms with Crippen LogP contribution in [0, 0.1) is 0 Å². The lowest BCUT2D eigenvalue weighted by molar-refractivity contribution is -0.726. The topological polar surface area (TPSA) is 113 Å². The molecule has 184 valence electrons. The number of hydrogen-bond donors (Lipinski definition) is 2. The molecule has 4 N–H and O–H groups in total. The van der Waals surface area contributed by atoms with Gasteiger partial charge in [-0.25, -0.2) is 0 Å². The molecule has 0 aromatic heterocycles. The minimum absolute atomic E-state index is 0.997. The van der Waals surface area contributed by atoms with Crippen molar-refractivity contribution in [3.8, 4) is 0 Å². The van der Waals surface area contributed by atoms with Crippen molar-refractivity contribution in [2.24, 2.45) is 0 Å². The van der Waals surface area contributed by atoms with Crippen molar-refractivity contribution < 1.29 is 28.2 Å². The Bertz CT molecular complexity index is 460. The van der Waals surface area contributed by atoms with Crippen LogP contribution in [0.15, 0.2) is 0 Å². The molecule has 0 radical (unpaired) electrons. The third kappa shape index (κ3) is 14.5. The maximum atomic E-state index is 8.52. The molecule has 31 heavy (non-hydrogen) atoms. The molecule has 4 aliphatic rings. The standard InChI is InChI=1S/2C12H23N.H2O4S/c2*1-3-7-11(8-4-1)13-12-9-5-2-6-10-12;1-5(2,3)4/h2*11-13H,1-10H2;(H2,1,2,3,4). The van der Waals surface area contributed by atoms with Crippen molar-refractivity contribution in [2.75, 3.05) is 0 Å². The summed E-state index contributed by atoms with van der Waals surface area (Å²) in [6, 6.07) is 3.99. The fourth-order valence-electron chi connectivity index (χ4n) is 6.08. The summed E-state index contributed by atoms with van der Waals surface area (Å²) in [5, 5.41) is 5.44. The summed E-state index contributed by atoms with van der Waals surface area (Å²) in [5.74, 6) is 0. The van der Waals surface area contributed by atoms with Crippen molar-refractivity contribution in [3.05, 3.63) is 0 Å². The van der Waals surface area contributed by atoms with Crippen molar-refractivity contribution in [1.82, 2.24) is 0 Å². The molecular weight excluding hydrogens is 412 g/mol. The normalized spacial score (nSPS) is 25.1. The van der Waals surface area contributed by atoms with Gasteiger partial charge in [0.2, 0.25) is 0 Å². The quantitative estimate of drug-likeness (QED) is 0.495. The summed E-state index contributed by atoms with van der Waals surface area (Å²) in [4.78, 5) is 0. The number of hydrogen-bond acceptors (Lipinski definition) is 4. The van der Waals surface area contributed by atoms with E-state index in [1.807, 2.05) is 0 Å². The number of nitrogens with two attached hydrogens (primary N) is 2. The second-order valence-corrected chi connectivity index (χ2v) is 11.2. The highest BCUT2D eigenvalue weighted by Gasteiger charge is 2.23. The molecule has 0 unspecified atom stereocenters. The average molecular weight is 461 g/mol. The van der Waals surface area contributed by atoms with Gasteiger partial charge in [0.1, 0.15) is 0 Å². The van der Waals surface area contributed by atoms with E-state index in [9.17, 15) is 0 Å². The van der Waals surface area contributed by atoms with Gasteiger partial charge in [-0.15, -0.1) is 0 Å². The van der Waals surface area contributed by atoms with E-state index < -0.39 is 10.4 Å². The van der Waals surface area contributed by atoms with Gasteiger partial charge in [0, 0.05) is 10.4 Å². The molecule has 0 bridgehead atoms. The van der Waals surface area contributed by atoms with Crippen LogP contribution in [-0.4, -0.2) is 41.7 Å². The molecule has 0 saturated heterocycles. The van der Waals surface area contributed by atoms with Crippen LogP contribution in [0.25, 0.3) is 0 Å². The Balaban J connectivity index is 0.000000182. The molecule has 7 heteroatoms. The number of rotatable bonds is 4. The molecule has 4 saturated carbocycles. The van der Waals surface area contributed by atoms with E-state index in [1.54, 1.807) is 0 Å². The smallest absolute Gasteiger partial charge is 0.0861 e. The molecule has 6 nitrogen and oxygen atoms in total. The fraction of sp³-hybridized carbons (Fsp3) is 1.00. The lowest BCUT2D eigenvalue weighted by Crippen LogP contribution is -2.95.